The number of ketones is 1. The third-order valence-corrected chi connectivity index (χ3v) is 6.27. The van der Waals surface area contributed by atoms with Crippen molar-refractivity contribution in [3.05, 3.63) is 0 Å². The summed E-state index contributed by atoms with van der Waals surface area (Å²) in [5.41, 5.74) is -0.746. The van der Waals surface area contributed by atoms with Crippen LogP contribution in [0.3, 0.4) is 0 Å². The van der Waals surface area contributed by atoms with Crippen LogP contribution in [0.5, 0.6) is 0 Å². The van der Waals surface area contributed by atoms with E-state index < -0.39 is 17.7 Å². The van der Waals surface area contributed by atoms with Crippen LogP contribution >= 0.6 is 0 Å². The summed E-state index contributed by atoms with van der Waals surface area (Å²) in [6.07, 6.45) is 9.45. The Hall–Kier alpha value is -2.40. The third kappa shape index (κ3) is 3.18. The van der Waals surface area contributed by atoms with E-state index in [2.05, 4.69) is 16.1 Å². The molecule has 152 valence electrons. The third-order valence-electron chi connectivity index (χ3n) is 6.27. The second-order valence-electron chi connectivity index (χ2n) is 7.92. The summed E-state index contributed by atoms with van der Waals surface area (Å²) >= 11 is 0. The van der Waals surface area contributed by atoms with Crippen LogP contribution in [0.4, 0.5) is 0 Å². The molecule has 4 atom stereocenters. The van der Waals surface area contributed by atoms with Gasteiger partial charge in [-0.2, -0.15) is 0 Å². The first-order valence-corrected chi connectivity index (χ1v) is 9.93. The molecule has 0 radical (unpaired) electrons. The lowest BCUT2D eigenvalue weighted by molar-refractivity contribution is -0.133. The Morgan fingerprint density at radius 3 is 2.82 bits per heavy atom. The quantitative estimate of drug-likeness (QED) is 0.479. The molecular formula is C20H28N4O4. The minimum absolute atomic E-state index is 0.0186. The molecule has 0 aliphatic carbocycles. The van der Waals surface area contributed by atoms with E-state index >= 15 is 0 Å². The van der Waals surface area contributed by atoms with E-state index in [4.69, 9.17) is 6.42 Å². The lowest BCUT2D eigenvalue weighted by Gasteiger charge is -2.39. The van der Waals surface area contributed by atoms with E-state index in [-0.39, 0.29) is 36.7 Å². The van der Waals surface area contributed by atoms with Crippen molar-refractivity contribution < 1.29 is 19.2 Å². The molecule has 3 rings (SSSR count). The molecule has 3 saturated heterocycles. The second kappa shape index (κ2) is 7.92. The molecule has 3 aliphatic heterocycles. The van der Waals surface area contributed by atoms with Crippen molar-refractivity contribution in [1.82, 2.24) is 20.0 Å². The van der Waals surface area contributed by atoms with Gasteiger partial charge in [0.25, 0.3) is 0 Å². The monoisotopic (exact) mass is 388 g/mol. The molecular weight excluding hydrogens is 360 g/mol. The number of nitrogens with one attached hydrogen (secondary N) is 1. The van der Waals surface area contributed by atoms with Gasteiger partial charge in [-0.3, -0.25) is 24.1 Å². The van der Waals surface area contributed by atoms with Gasteiger partial charge in [0.1, 0.15) is 11.7 Å². The van der Waals surface area contributed by atoms with Crippen molar-refractivity contribution >= 4 is 24.0 Å². The molecule has 0 aromatic carbocycles. The molecule has 0 aromatic rings. The van der Waals surface area contributed by atoms with Gasteiger partial charge in [-0.05, 0) is 26.2 Å². The lowest BCUT2D eigenvalue weighted by atomic mass is 10.0. The summed E-state index contributed by atoms with van der Waals surface area (Å²) in [6.45, 7) is 4.54. The number of hydrogen-bond donors (Lipinski definition) is 1. The van der Waals surface area contributed by atoms with Crippen LogP contribution in [0, 0.1) is 12.3 Å². The summed E-state index contributed by atoms with van der Waals surface area (Å²) in [5, 5.41) is 2.80. The Morgan fingerprint density at radius 1 is 1.46 bits per heavy atom. The number of terminal acetylenes is 1. The molecule has 0 bridgehead atoms. The Kier molecular flexibility index (Phi) is 5.75. The fourth-order valence-corrected chi connectivity index (χ4v) is 4.96. The topological polar surface area (TPSA) is 90.0 Å². The number of nitrogens with zero attached hydrogens (tertiary/aromatic N) is 3. The van der Waals surface area contributed by atoms with Crippen LogP contribution in [0.1, 0.15) is 46.0 Å². The molecule has 3 fully saturated rings. The molecule has 1 spiro atoms. The van der Waals surface area contributed by atoms with Crippen LogP contribution in [-0.2, 0) is 19.2 Å². The minimum Gasteiger partial charge on any atom is -0.345 e. The first-order valence-electron chi connectivity index (χ1n) is 9.93. The van der Waals surface area contributed by atoms with Crippen LogP contribution in [0.2, 0.25) is 0 Å². The zero-order valence-corrected chi connectivity index (χ0v) is 16.5. The SMILES string of the molecule is C#CCN1C(=O)[C@@H]2CCCN2C12C[C@@H](C(=O)NC(CCC)C(C)=O)N(C=O)C2. The molecule has 2 unspecified atom stereocenters. The van der Waals surface area contributed by atoms with Gasteiger partial charge < -0.3 is 15.1 Å². The lowest BCUT2D eigenvalue weighted by Crippen LogP contribution is -2.56. The Bertz CT molecular complexity index is 717. The van der Waals surface area contributed by atoms with Gasteiger partial charge in [-0.1, -0.05) is 19.3 Å². The Balaban J connectivity index is 1.86. The number of Topliss-reactive ketones (excluding diaryl/α,β-unsaturated/α-hetero) is 1. The van der Waals surface area contributed by atoms with Crippen LogP contribution in [-0.4, -0.2) is 82.1 Å². The number of carbonyl (C=O) groups is 4. The van der Waals surface area contributed by atoms with Gasteiger partial charge in [-0.15, -0.1) is 6.42 Å². The molecule has 1 N–H and O–H groups in total. The molecule has 3 aliphatic rings. The highest BCUT2D eigenvalue weighted by atomic mass is 16.2. The summed E-state index contributed by atoms with van der Waals surface area (Å²) in [7, 11) is 0. The maximum atomic E-state index is 13.0. The second-order valence-corrected chi connectivity index (χ2v) is 7.92. The Morgan fingerprint density at radius 2 is 2.21 bits per heavy atom. The molecule has 0 saturated carbocycles. The van der Waals surface area contributed by atoms with Gasteiger partial charge in [0.15, 0.2) is 5.78 Å². The number of amides is 3. The maximum absolute atomic E-state index is 13.0. The average Bonchev–Trinajstić information content (AvgIpc) is 3.34. The number of fused-ring (bicyclic) bond motifs is 2. The maximum Gasteiger partial charge on any atom is 0.243 e. The smallest absolute Gasteiger partial charge is 0.243 e. The number of carbonyl (C=O) groups excluding carboxylic acids is 4. The number of hydrogen-bond acceptors (Lipinski definition) is 5. The van der Waals surface area contributed by atoms with Crippen molar-refractivity contribution in [1.29, 1.82) is 0 Å². The predicted octanol–water partition coefficient (Wildman–Crippen LogP) is -0.273. The van der Waals surface area contributed by atoms with Crippen molar-refractivity contribution in [3.63, 3.8) is 0 Å². The first-order chi connectivity index (χ1) is 13.4. The highest BCUT2D eigenvalue weighted by Crippen LogP contribution is 2.45. The van der Waals surface area contributed by atoms with Gasteiger partial charge in [0.05, 0.1) is 25.2 Å². The van der Waals surface area contributed by atoms with E-state index in [1.807, 2.05) is 6.92 Å². The van der Waals surface area contributed by atoms with E-state index in [0.717, 1.165) is 25.8 Å². The van der Waals surface area contributed by atoms with Crippen molar-refractivity contribution in [3.8, 4) is 12.3 Å². The first kappa shape index (κ1) is 20.3. The van der Waals surface area contributed by atoms with Crippen LogP contribution in [0.25, 0.3) is 0 Å². The summed E-state index contributed by atoms with van der Waals surface area (Å²) < 4.78 is 0. The summed E-state index contributed by atoms with van der Waals surface area (Å²) in [4.78, 5) is 54.7. The standard InChI is InChI=1S/C20H28N4O4/c1-4-7-15(14(3)26)21-18(27)17-11-20(12-22(17)13-25)23-10-6-8-16(23)19(28)24(20)9-5-2/h2,13,15-17H,4,6-12H2,1,3H3,(H,21,27)/t15?,16-,17-,20?/m0/s1. The van der Waals surface area contributed by atoms with Gasteiger partial charge in [0.2, 0.25) is 18.2 Å². The fourth-order valence-electron chi connectivity index (χ4n) is 4.96. The van der Waals surface area contributed by atoms with Gasteiger partial charge >= 0.3 is 0 Å². The zero-order valence-electron chi connectivity index (χ0n) is 16.5. The van der Waals surface area contributed by atoms with Crippen molar-refractivity contribution in [2.45, 2.75) is 69.7 Å². The van der Waals surface area contributed by atoms with Crippen LogP contribution < -0.4 is 5.32 Å². The zero-order chi connectivity index (χ0) is 20.5. The highest BCUT2D eigenvalue weighted by Gasteiger charge is 2.63. The van der Waals surface area contributed by atoms with Gasteiger partial charge in [-0.25, -0.2) is 0 Å². The van der Waals surface area contributed by atoms with E-state index in [9.17, 15) is 19.2 Å². The average molecular weight is 388 g/mol. The minimum atomic E-state index is -0.746. The van der Waals surface area contributed by atoms with E-state index in [1.165, 1.54) is 11.8 Å². The van der Waals surface area contributed by atoms with Gasteiger partial charge in [0, 0.05) is 13.0 Å². The molecule has 3 amide bonds. The number of likely N-dealkylation sites (tertiary alicyclic amines) is 1. The fraction of sp³-hybridized carbons (Fsp3) is 0.700. The molecule has 8 heteroatoms. The molecule has 28 heavy (non-hydrogen) atoms. The van der Waals surface area contributed by atoms with Crippen LogP contribution in [0.15, 0.2) is 0 Å². The highest BCUT2D eigenvalue weighted by molar-refractivity contribution is 5.91. The summed E-state index contributed by atoms with van der Waals surface area (Å²) in [6, 6.07) is -1.52. The Labute approximate surface area is 165 Å². The molecule has 0 aromatic heterocycles. The number of rotatable bonds is 7. The van der Waals surface area contributed by atoms with Crippen molar-refractivity contribution in [2.75, 3.05) is 19.6 Å². The predicted molar refractivity (Wildman–Crippen MR) is 102 cm³/mol. The largest absolute Gasteiger partial charge is 0.345 e. The summed E-state index contributed by atoms with van der Waals surface area (Å²) in [5.74, 6) is 2.07. The van der Waals surface area contributed by atoms with E-state index in [0.29, 0.717) is 19.3 Å². The van der Waals surface area contributed by atoms with Crippen molar-refractivity contribution in [2.24, 2.45) is 0 Å². The normalized spacial score (nSPS) is 30.4. The molecule has 3 heterocycles. The van der Waals surface area contributed by atoms with E-state index in [1.54, 1.807) is 4.90 Å². The molecule has 8 nitrogen and oxygen atoms in total.